The summed E-state index contributed by atoms with van der Waals surface area (Å²) in [6.45, 7) is 0. The molecule has 2 amide bonds. The summed E-state index contributed by atoms with van der Waals surface area (Å²) < 4.78 is 39.4. The van der Waals surface area contributed by atoms with Crippen LogP contribution in [-0.2, 0) is 21.5 Å². The third kappa shape index (κ3) is 8.77. The minimum absolute atomic E-state index is 0.0639. The molecule has 38 heavy (non-hydrogen) atoms. The van der Waals surface area contributed by atoms with Crippen LogP contribution in [0.4, 0.5) is 13.2 Å². The number of aliphatic carboxylic acids is 1. The van der Waals surface area contributed by atoms with Gasteiger partial charge in [0, 0.05) is 21.5 Å². The molecule has 3 aromatic rings. The van der Waals surface area contributed by atoms with Gasteiger partial charge >= 0.3 is 12.1 Å². The molecule has 0 aliphatic rings. The average molecular weight is 607 g/mol. The van der Waals surface area contributed by atoms with E-state index in [0.29, 0.717) is 11.3 Å². The van der Waals surface area contributed by atoms with E-state index in [0.717, 1.165) is 34.3 Å². The number of thioether (sulfide) groups is 1. The lowest BCUT2D eigenvalue weighted by molar-refractivity contribution is -0.140. The van der Waals surface area contributed by atoms with Crippen LogP contribution in [0.25, 0.3) is 6.08 Å². The van der Waals surface area contributed by atoms with Gasteiger partial charge in [0.25, 0.3) is 11.8 Å². The van der Waals surface area contributed by atoms with E-state index in [1.54, 1.807) is 24.3 Å². The first-order valence-corrected chi connectivity index (χ1v) is 13.1. The van der Waals surface area contributed by atoms with Gasteiger partial charge in [-0.25, -0.2) is 4.79 Å². The van der Waals surface area contributed by atoms with Crippen LogP contribution in [0.1, 0.15) is 27.0 Å². The lowest BCUT2D eigenvalue weighted by Gasteiger charge is -2.17. The predicted molar refractivity (Wildman–Crippen MR) is 143 cm³/mol. The third-order valence-electron chi connectivity index (χ3n) is 5.15. The number of hydrogen-bond acceptors (Lipinski definition) is 4. The summed E-state index contributed by atoms with van der Waals surface area (Å²) >= 11 is 4.62. The van der Waals surface area contributed by atoms with E-state index < -0.39 is 35.6 Å². The summed E-state index contributed by atoms with van der Waals surface area (Å²) in [5, 5.41) is 14.5. The normalized spacial score (nSPS) is 12.5. The first-order valence-electron chi connectivity index (χ1n) is 11.1. The zero-order valence-electron chi connectivity index (χ0n) is 19.7. The van der Waals surface area contributed by atoms with Crippen molar-refractivity contribution in [1.29, 1.82) is 0 Å². The van der Waals surface area contributed by atoms with E-state index in [1.165, 1.54) is 17.8 Å². The monoisotopic (exact) mass is 606 g/mol. The van der Waals surface area contributed by atoms with Crippen LogP contribution in [0.15, 0.2) is 89.0 Å². The van der Waals surface area contributed by atoms with E-state index in [1.807, 2.05) is 30.3 Å². The molecule has 11 heteroatoms. The van der Waals surface area contributed by atoms with Crippen molar-refractivity contribution < 1.29 is 32.7 Å². The van der Waals surface area contributed by atoms with Gasteiger partial charge in [-0.05, 0) is 53.6 Å². The molecule has 6 nitrogen and oxygen atoms in total. The molecule has 0 fully saturated rings. The highest BCUT2D eigenvalue weighted by atomic mass is 79.9. The van der Waals surface area contributed by atoms with Crippen LogP contribution in [0, 0.1) is 0 Å². The fraction of sp³-hybridized carbons (Fsp3) is 0.148. The molecule has 0 aliphatic heterocycles. The fourth-order valence-electron chi connectivity index (χ4n) is 3.17. The Morgan fingerprint density at radius 1 is 0.947 bits per heavy atom. The third-order valence-corrected chi connectivity index (χ3v) is 6.78. The smallest absolute Gasteiger partial charge is 0.416 e. The second kappa shape index (κ2) is 13.3. The molecule has 0 saturated heterocycles. The molecule has 3 N–H and O–H groups in total. The van der Waals surface area contributed by atoms with Crippen molar-refractivity contribution in [3.63, 3.8) is 0 Å². The Morgan fingerprint density at radius 2 is 1.58 bits per heavy atom. The summed E-state index contributed by atoms with van der Waals surface area (Å²) in [7, 11) is 0. The highest BCUT2D eigenvalue weighted by Crippen LogP contribution is 2.29. The Balaban J connectivity index is 1.77. The number of hydrogen-bond donors (Lipinski definition) is 3. The Morgan fingerprint density at radius 3 is 2.16 bits per heavy atom. The zero-order valence-corrected chi connectivity index (χ0v) is 22.1. The minimum Gasteiger partial charge on any atom is -0.480 e. The number of carboxylic acids is 1. The van der Waals surface area contributed by atoms with Gasteiger partial charge < -0.3 is 15.7 Å². The molecule has 198 valence electrons. The van der Waals surface area contributed by atoms with Crippen molar-refractivity contribution in [2.24, 2.45) is 0 Å². The average Bonchev–Trinajstić information content (AvgIpc) is 2.89. The van der Waals surface area contributed by atoms with Crippen LogP contribution >= 0.6 is 27.7 Å². The van der Waals surface area contributed by atoms with Gasteiger partial charge in [-0.1, -0.05) is 58.4 Å². The second-order valence-corrected chi connectivity index (χ2v) is 9.95. The summed E-state index contributed by atoms with van der Waals surface area (Å²) in [4.78, 5) is 37.7. The number of alkyl halides is 3. The molecule has 0 radical (unpaired) electrons. The molecule has 0 saturated carbocycles. The van der Waals surface area contributed by atoms with E-state index in [2.05, 4.69) is 26.6 Å². The number of nitrogens with one attached hydrogen (secondary N) is 2. The lowest BCUT2D eigenvalue weighted by Crippen LogP contribution is -2.45. The van der Waals surface area contributed by atoms with Gasteiger partial charge in [-0.3, -0.25) is 9.59 Å². The van der Waals surface area contributed by atoms with Crippen LogP contribution in [0.5, 0.6) is 0 Å². The second-order valence-electron chi connectivity index (χ2n) is 8.00. The van der Waals surface area contributed by atoms with Crippen molar-refractivity contribution in [3.05, 3.63) is 111 Å². The molecule has 0 aromatic heterocycles. The SMILES string of the molecule is O=C(NC(CSCc1ccccc1)C(=O)O)C(=Cc1ccc(Br)cc1)NC(=O)c1ccc(C(F)(F)F)cc1. The molecule has 1 atom stereocenters. The van der Waals surface area contributed by atoms with Crippen LogP contribution < -0.4 is 10.6 Å². The molecule has 0 heterocycles. The van der Waals surface area contributed by atoms with Crippen molar-refractivity contribution in [2.45, 2.75) is 18.0 Å². The maximum atomic E-state index is 13.1. The standard InChI is InChI=1S/C27H22BrF3N2O4S/c28-21-12-6-17(7-13-21)14-22(32-24(34)19-8-10-20(11-9-19)27(29,30)31)25(35)33-23(26(36)37)16-38-15-18-4-2-1-3-5-18/h1-14,23H,15-16H2,(H,32,34)(H,33,35)(H,36,37). The van der Waals surface area contributed by atoms with Crippen molar-refractivity contribution >= 4 is 51.6 Å². The predicted octanol–water partition coefficient (Wildman–Crippen LogP) is 5.74. The number of halogens is 4. The molecule has 3 aromatic carbocycles. The molecule has 1 unspecified atom stereocenters. The first-order chi connectivity index (χ1) is 18.0. The van der Waals surface area contributed by atoms with Gasteiger partial charge in [0.15, 0.2) is 0 Å². The van der Waals surface area contributed by atoms with E-state index in [4.69, 9.17) is 0 Å². The van der Waals surface area contributed by atoms with Crippen molar-refractivity contribution in [1.82, 2.24) is 10.6 Å². The van der Waals surface area contributed by atoms with Gasteiger partial charge in [0.1, 0.15) is 11.7 Å². The zero-order chi connectivity index (χ0) is 27.7. The molecular formula is C27H22BrF3N2O4S. The number of benzene rings is 3. The first kappa shape index (κ1) is 29.0. The van der Waals surface area contributed by atoms with Crippen molar-refractivity contribution in [3.8, 4) is 0 Å². The quantitative estimate of drug-likeness (QED) is 0.256. The fourth-order valence-corrected chi connectivity index (χ4v) is 4.44. The Hall–Kier alpha value is -3.57. The van der Waals surface area contributed by atoms with Gasteiger partial charge in [0.2, 0.25) is 0 Å². The molecule has 0 aliphatic carbocycles. The van der Waals surface area contributed by atoms with Gasteiger partial charge in [-0.2, -0.15) is 24.9 Å². The highest BCUT2D eigenvalue weighted by Gasteiger charge is 2.30. The van der Waals surface area contributed by atoms with Crippen molar-refractivity contribution in [2.75, 3.05) is 5.75 Å². The minimum atomic E-state index is -4.56. The number of amides is 2. The van der Waals surface area contributed by atoms with Crippen LogP contribution in [0.2, 0.25) is 0 Å². The topological polar surface area (TPSA) is 95.5 Å². The van der Waals surface area contributed by atoms with E-state index in [-0.39, 0.29) is 17.0 Å². The molecule has 3 rings (SSSR count). The van der Waals surface area contributed by atoms with Crippen LogP contribution in [-0.4, -0.2) is 34.7 Å². The van der Waals surface area contributed by atoms with Gasteiger partial charge in [-0.15, -0.1) is 0 Å². The molecule has 0 bridgehead atoms. The van der Waals surface area contributed by atoms with Crippen LogP contribution in [0.3, 0.4) is 0 Å². The number of carbonyl (C=O) groups is 3. The Kier molecular flexibility index (Phi) is 10.1. The lowest BCUT2D eigenvalue weighted by atomic mass is 10.1. The maximum Gasteiger partial charge on any atom is 0.416 e. The summed E-state index contributed by atoms with van der Waals surface area (Å²) in [5.41, 5.74) is 0.218. The number of carbonyl (C=O) groups excluding carboxylic acids is 2. The number of carboxylic acid groups (broad SMARTS) is 1. The molecule has 0 spiro atoms. The highest BCUT2D eigenvalue weighted by molar-refractivity contribution is 9.10. The number of rotatable bonds is 10. The van der Waals surface area contributed by atoms with E-state index >= 15 is 0 Å². The largest absolute Gasteiger partial charge is 0.480 e. The Bertz CT molecular complexity index is 1300. The summed E-state index contributed by atoms with van der Waals surface area (Å²) in [5.74, 6) is -2.35. The Labute approximate surface area is 229 Å². The van der Waals surface area contributed by atoms with Gasteiger partial charge in [0.05, 0.1) is 5.56 Å². The summed E-state index contributed by atoms with van der Waals surface area (Å²) in [6, 6.07) is 18.4. The maximum absolute atomic E-state index is 13.1. The molecular weight excluding hydrogens is 585 g/mol. The summed E-state index contributed by atoms with van der Waals surface area (Å²) in [6.07, 6.45) is -3.22. The van der Waals surface area contributed by atoms with E-state index in [9.17, 15) is 32.7 Å².